The Morgan fingerprint density at radius 3 is 2.21 bits per heavy atom. The van der Waals surface area contributed by atoms with E-state index in [0.29, 0.717) is 11.5 Å². The van der Waals surface area contributed by atoms with Crippen molar-refractivity contribution in [1.82, 2.24) is 10.2 Å². The summed E-state index contributed by atoms with van der Waals surface area (Å²) in [5.41, 5.74) is 0.362. The molecule has 0 bridgehead atoms. The van der Waals surface area contributed by atoms with E-state index in [4.69, 9.17) is 0 Å². The molecule has 114 valence electrons. The smallest absolute Gasteiger partial charge is 0.00926 e. The van der Waals surface area contributed by atoms with Gasteiger partial charge < -0.3 is 10.2 Å². The minimum Gasteiger partial charge on any atom is -0.314 e. The van der Waals surface area contributed by atoms with Crippen LogP contribution in [0.25, 0.3) is 0 Å². The molecule has 1 aliphatic rings. The number of nitrogens with zero attached hydrogens (tertiary/aromatic N) is 1. The Kier molecular flexibility index (Phi) is 6.82. The highest BCUT2D eigenvalue weighted by atomic mass is 15.1. The summed E-state index contributed by atoms with van der Waals surface area (Å²) in [6.45, 7) is 13.9. The van der Waals surface area contributed by atoms with Crippen LogP contribution >= 0.6 is 0 Å². The van der Waals surface area contributed by atoms with E-state index in [-0.39, 0.29) is 0 Å². The van der Waals surface area contributed by atoms with Gasteiger partial charge in [0, 0.05) is 25.2 Å². The third-order valence-corrected chi connectivity index (χ3v) is 4.68. The summed E-state index contributed by atoms with van der Waals surface area (Å²) in [6.07, 6.45) is 7.07. The standard InChI is InChI=1S/C17H36N2/c1-7-15-8-10-16(11-9-15)19(6)13-17(4,5)12-18-14(2)3/h14-16,18H,7-13H2,1-6H3. The predicted molar refractivity (Wildman–Crippen MR) is 85.6 cm³/mol. The Morgan fingerprint density at radius 1 is 1.16 bits per heavy atom. The summed E-state index contributed by atoms with van der Waals surface area (Å²) in [5, 5.41) is 3.58. The third-order valence-electron chi connectivity index (χ3n) is 4.68. The van der Waals surface area contributed by atoms with E-state index in [2.05, 4.69) is 51.9 Å². The topological polar surface area (TPSA) is 15.3 Å². The molecule has 1 saturated carbocycles. The first-order chi connectivity index (χ1) is 8.84. The number of rotatable bonds is 7. The van der Waals surface area contributed by atoms with Gasteiger partial charge in [-0.3, -0.25) is 0 Å². The highest BCUT2D eigenvalue weighted by Crippen LogP contribution is 2.30. The van der Waals surface area contributed by atoms with Crippen molar-refractivity contribution in [2.45, 2.75) is 78.8 Å². The van der Waals surface area contributed by atoms with Gasteiger partial charge >= 0.3 is 0 Å². The monoisotopic (exact) mass is 268 g/mol. The molecule has 2 nitrogen and oxygen atoms in total. The van der Waals surface area contributed by atoms with E-state index < -0.39 is 0 Å². The molecule has 0 aliphatic heterocycles. The second-order valence-corrected chi connectivity index (χ2v) is 7.70. The molecule has 0 aromatic rings. The van der Waals surface area contributed by atoms with Gasteiger partial charge in [-0.2, -0.15) is 0 Å². The molecule has 0 radical (unpaired) electrons. The van der Waals surface area contributed by atoms with E-state index in [9.17, 15) is 0 Å². The number of hydrogen-bond acceptors (Lipinski definition) is 2. The second-order valence-electron chi connectivity index (χ2n) is 7.70. The molecule has 1 N–H and O–H groups in total. The Morgan fingerprint density at radius 2 is 1.74 bits per heavy atom. The Hall–Kier alpha value is -0.0800. The van der Waals surface area contributed by atoms with Crippen molar-refractivity contribution in [1.29, 1.82) is 0 Å². The predicted octanol–water partition coefficient (Wildman–Crippen LogP) is 3.91. The Balaban J connectivity index is 2.35. The quantitative estimate of drug-likeness (QED) is 0.753. The summed E-state index contributed by atoms with van der Waals surface area (Å²) < 4.78 is 0. The van der Waals surface area contributed by atoms with Crippen LogP contribution in [0.2, 0.25) is 0 Å². The average Bonchev–Trinajstić information content (AvgIpc) is 2.36. The molecule has 0 aromatic carbocycles. The largest absolute Gasteiger partial charge is 0.314 e. The number of nitrogens with one attached hydrogen (secondary N) is 1. The molecule has 1 fully saturated rings. The van der Waals surface area contributed by atoms with E-state index in [1.807, 2.05) is 0 Å². The van der Waals surface area contributed by atoms with Gasteiger partial charge in [0.15, 0.2) is 0 Å². The number of hydrogen-bond donors (Lipinski definition) is 1. The molecule has 0 saturated heterocycles. The first kappa shape index (κ1) is 17.0. The van der Waals surface area contributed by atoms with Crippen molar-refractivity contribution in [3.05, 3.63) is 0 Å². The summed E-state index contributed by atoms with van der Waals surface area (Å²) in [6, 6.07) is 1.41. The van der Waals surface area contributed by atoms with Crippen molar-refractivity contribution in [3.63, 3.8) is 0 Å². The fraction of sp³-hybridized carbons (Fsp3) is 1.00. The fourth-order valence-corrected chi connectivity index (χ4v) is 3.33. The molecule has 0 amide bonds. The first-order valence-corrected chi connectivity index (χ1v) is 8.27. The molecular formula is C17H36N2. The highest BCUT2D eigenvalue weighted by molar-refractivity contribution is 4.82. The van der Waals surface area contributed by atoms with Gasteiger partial charge in [0.1, 0.15) is 0 Å². The lowest BCUT2D eigenvalue weighted by atomic mass is 9.83. The molecule has 0 spiro atoms. The molecular weight excluding hydrogens is 232 g/mol. The molecule has 2 heteroatoms. The van der Waals surface area contributed by atoms with Gasteiger partial charge in [0.25, 0.3) is 0 Å². The van der Waals surface area contributed by atoms with Crippen LogP contribution in [0.15, 0.2) is 0 Å². The van der Waals surface area contributed by atoms with Gasteiger partial charge in [0.2, 0.25) is 0 Å². The first-order valence-electron chi connectivity index (χ1n) is 8.27. The minimum atomic E-state index is 0.362. The van der Waals surface area contributed by atoms with E-state index in [0.717, 1.165) is 18.5 Å². The van der Waals surface area contributed by atoms with Crippen LogP contribution in [-0.2, 0) is 0 Å². The molecule has 0 atom stereocenters. The van der Waals surface area contributed by atoms with Crippen molar-refractivity contribution in [3.8, 4) is 0 Å². The summed E-state index contributed by atoms with van der Waals surface area (Å²) in [4.78, 5) is 2.62. The lowest BCUT2D eigenvalue weighted by Gasteiger charge is -2.39. The van der Waals surface area contributed by atoms with Crippen LogP contribution in [0, 0.1) is 11.3 Å². The van der Waals surface area contributed by atoms with Crippen LogP contribution in [0.5, 0.6) is 0 Å². The van der Waals surface area contributed by atoms with Gasteiger partial charge in [-0.15, -0.1) is 0 Å². The van der Waals surface area contributed by atoms with Crippen LogP contribution in [0.3, 0.4) is 0 Å². The third kappa shape index (κ3) is 6.27. The lowest BCUT2D eigenvalue weighted by Crippen LogP contribution is -2.45. The summed E-state index contributed by atoms with van der Waals surface area (Å²) in [7, 11) is 2.33. The van der Waals surface area contributed by atoms with Crippen LogP contribution in [0.1, 0.15) is 66.7 Å². The minimum absolute atomic E-state index is 0.362. The molecule has 0 unspecified atom stereocenters. The Labute approximate surface area is 121 Å². The molecule has 0 heterocycles. The maximum Gasteiger partial charge on any atom is 0.00926 e. The van der Waals surface area contributed by atoms with Crippen molar-refractivity contribution < 1.29 is 0 Å². The Bertz CT molecular complexity index is 240. The summed E-state index contributed by atoms with van der Waals surface area (Å²) >= 11 is 0. The van der Waals surface area contributed by atoms with Crippen molar-refractivity contribution in [2.75, 3.05) is 20.1 Å². The molecule has 1 aliphatic carbocycles. The van der Waals surface area contributed by atoms with Crippen molar-refractivity contribution in [2.24, 2.45) is 11.3 Å². The maximum absolute atomic E-state index is 3.58. The average molecular weight is 268 g/mol. The van der Waals surface area contributed by atoms with Crippen LogP contribution in [-0.4, -0.2) is 37.1 Å². The maximum atomic E-state index is 3.58. The SMILES string of the molecule is CCC1CCC(N(C)CC(C)(C)CNC(C)C)CC1. The van der Waals surface area contributed by atoms with E-state index >= 15 is 0 Å². The summed E-state index contributed by atoms with van der Waals surface area (Å²) in [5.74, 6) is 1.00. The second kappa shape index (κ2) is 7.64. The highest BCUT2D eigenvalue weighted by Gasteiger charge is 2.27. The lowest BCUT2D eigenvalue weighted by molar-refractivity contribution is 0.115. The van der Waals surface area contributed by atoms with Crippen molar-refractivity contribution >= 4 is 0 Å². The zero-order valence-electron chi connectivity index (χ0n) is 14.1. The molecule has 1 rings (SSSR count). The van der Waals surface area contributed by atoms with Gasteiger partial charge in [-0.1, -0.05) is 41.0 Å². The molecule has 19 heavy (non-hydrogen) atoms. The van der Waals surface area contributed by atoms with E-state index in [1.54, 1.807) is 0 Å². The van der Waals surface area contributed by atoms with Gasteiger partial charge in [-0.25, -0.2) is 0 Å². The zero-order chi connectivity index (χ0) is 14.5. The van der Waals surface area contributed by atoms with Gasteiger partial charge in [0.05, 0.1) is 0 Å². The zero-order valence-corrected chi connectivity index (χ0v) is 14.1. The van der Waals surface area contributed by atoms with Crippen LogP contribution in [0.4, 0.5) is 0 Å². The van der Waals surface area contributed by atoms with E-state index in [1.165, 1.54) is 38.6 Å². The molecule has 0 aromatic heterocycles. The van der Waals surface area contributed by atoms with Crippen LogP contribution < -0.4 is 5.32 Å². The fourth-order valence-electron chi connectivity index (χ4n) is 3.33. The normalized spacial score (nSPS) is 25.3. The van der Waals surface area contributed by atoms with Gasteiger partial charge in [-0.05, 0) is 44.1 Å².